The second kappa shape index (κ2) is 2.47. The Morgan fingerprint density at radius 2 is 2.31 bits per heavy atom. The minimum absolute atomic E-state index is 0.708. The van der Waals surface area contributed by atoms with Crippen molar-refractivity contribution in [3.05, 3.63) is 35.7 Å². The second-order valence-electron chi connectivity index (χ2n) is 2.79. The molecular weight excluding hydrogens is 204 g/mol. The summed E-state index contributed by atoms with van der Waals surface area (Å²) in [5.41, 5.74) is 1.06. The number of aromatic nitrogens is 2. The van der Waals surface area contributed by atoms with Crippen molar-refractivity contribution in [2.45, 2.75) is 0 Å². The van der Waals surface area contributed by atoms with Gasteiger partial charge in [0, 0.05) is 18.6 Å². The largest absolute Gasteiger partial charge is 0.306 e. The predicted octanol–water partition coefficient (Wildman–Crippen LogP) is 3.20. The molecule has 0 N–H and O–H groups in total. The molecule has 0 aliphatic heterocycles. The van der Waals surface area contributed by atoms with Crippen LogP contribution >= 0.6 is 22.9 Å². The lowest BCUT2D eigenvalue weighted by atomic mass is 10.4. The molecule has 0 bridgehead atoms. The Hall–Kier alpha value is -1.06. The van der Waals surface area contributed by atoms with E-state index in [1.807, 2.05) is 18.5 Å². The summed E-state index contributed by atoms with van der Waals surface area (Å²) in [7, 11) is 0. The van der Waals surface area contributed by atoms with Crippen LogP contribution in [0.5, 0.6) is 0 Å². The standard InChI is InChI=1S/C9H5ClN2S/c10-6-4-11-5-7-9(6)12-3-1-2-8(12)13-7/h1-5H. The quantitative estimate of drug-likeness (QED) is 0.555. The molecule has 13 heavy (non-hydrogen) atoms. The molecule has 64 valence electrons. The molecule has 0 saturated heterocycles. The summed E-state index contributed by atoms with van der Waals surface area (Å²) < 4.78 is 3.22. The molecule has 0 aliphatic carbocycles. The van der Waals surface area contributed by atoms with E-state index < -0.39 is 0 Å². The van der Waals surface area contributed by atoms with Crippen molar-refractivity contribution in [1.82, 2.24) is 9.38 Å². The molecule has 0 unspecified atom stereocenters. The Morgan fingerprint density at radius 1 is 1.38 bits per heavy atom. The molecule has 3 aromatic heterocycles. The zero-order valence-corrected chi connectivity index (χ0v) is 8.14. The summed E-state index contributed by atoms with van der Waals surface area (Å²) in [6, 6.07) is 4.09. The van der Waals surface area contributed by atoms with Crippen LogP contribution in [-0.4, -0.2) is 9.38 Å². The van der Waals surface area contributed by atoms with Crippen molar-refractivity contribution in [1.29, 1.82) is 0 Å². The number of hydrogen-bond acceptors (Lipinski definition) is 2. The molecule has 0 spiro atoms. The monoisotopic (exact) mass is 208 g/mol. The van der Waals surface area contributed by atoms with Crippen molar-refractivity contribution in [2.75, 3.05) is 0 Å². The predicted molar refractivity (Wildman–Crippen MR) is 55.6 cm³/mol. The summed E-state index contributed by atoms with van der Waals surface area (Å²) in [6.45, 7) is 0. The Kier molecular flexibility index (Phi) is 1.39. The van der Waals surface area contributed by atoms with E-state index in [2.05, 4.69) is 15.5 Å². The van der Waals surface area contributed by atoms with E-state index in [4.69, 9.17) is 11.6 Å². The third-order valence-electron chi connectivity index (χ3n) is 2.01. The van der Waals surface area contributed by atoms with Gasteiger partial charge in [-0.05, 0) is 12.1 Å². The van der Waals surface area contributed by atoms with E-state index >= 15 is 0 Å². The first-order valence-electron chi connectivity index (χ1n) is 3.85. The average Bonchev–Trinajstić information content (AvgIpc) is 2.62. The van der Waals surface area contributed by atoms with Crippen LogP contribution in [0.1, 0.15) is 0 Å². The molecule has 0 saturated carbocycles. The fourth-order valence-electron chi connectivity index (χ4n) is 1.46. The first-order chi connectivity index (χ1) is 6.36. The minimum Gasteiger partial charge on any atom is -0.306 e. The molecule has 4 heteroatoms. The number of thiazole rings is 1. The Morgan fingerprint density at radius 3 is 3.23 bits per heavy atom. The third-order valence-corrected chi connectivity index (χ3v) is 3.34. The number of nitrogens with zero attached hydrogens (tertiary/aromatic N) is 2. The van der Waals surface area contributed by atoms with Crippen LogP contribution in [0.2, 0.25) is 5.02 Å². The molecule has 0 atom stereocenters. The van der Waals surface area contributed by atoms with Crippen LogP contribution in [0.3, 0.4) is 0 Å². The lowest BCUT2D eigenvalue weighted by molar-refractivity contribution is 1.28. The highest BCUT2D eigenvalue weighted by Crippen LogP contribution is 2.30. The van der Waals surface area contributed by atoms with Gasteiger partial charge >= 0.3 is 0 Å². The van der Waals surface area contributed by atoms with E-state index in [1.54, 1.807) is 17.5 Å². The molecule has 0 aliphatic rings. The van der Waals surface area contributed by atoms with Crippen molar-refractivity contribution >= 4 is 38.0 Å². The lowest BCUT2D eigenvalue weighted by Gasteiger charge is -1.92. The summed E-state index contributed by atoms with van der Waals surface area (Å²) >= 11 is 7.76. The average molecular weight is 209 g/mol. The topological polar surface area (TPSA) is 17.3 Å². The zero-order valence-electron chi connectivity index (χ0n) is 6.57. The van der Waals surface area contributed by atoms with E-state index in [1.165, 1.54) is 4.83 Å². The van der Waals surface area contributed by atoms with Gasteiger partial charge in [0.1, 0.15) is 4.83 Å². The number of rotatable bonds is 0. The van der Waals surface area contributed by atoms with Gasteiger partial charge in [0.15, 0.2) is 0 Å². The van der Waals surface area contributed by atoms with Crippen LogP contribution in [0, 0.1) is 0 Å². The highest BCUT2D eigenvalue weighted by Gasteiger charge is 2.06. The first-order valence-corrected chi connectivity index (χ1v) is 5.05. The Balaban J connectivity index is 2.68. The van der Waals surface area contributed by atoms with Gasteiger partial charge in [-0.3, -0.25) is 4.98 Å². The maximum absolute atomic E-state index is 6.06. The summed E-state index contributed by atoms with van der Waals surface area (Å²) in [4.78, 5) is 5.25. The van der Waals surface area contributed by atoms with Gasteiger partial charge in [0.2, 0.25) is 0 Å². The molecule has 3 aromatic rings. The van der Waals surface area contributed by atoms with E-state index in [-0.39, 0.29) is 0 Å². The highest BCUT2D eigenvalue weighted by molar-refractivity contribution is 7.24. The van der Waals surface area contributed by atoms with Gasteiger partial charge in [0.25, 0.3) is 0 Å². The van der Waals surface area contributed by atoms with Crippen LogP contribution in [0.25, 0.3) is 15.0 Å². The third kappa shape index (κ3) is 0.913. The Labute approximate surface area is 83.4 Å². The van der Waals surface area contributed by atoms with E-state index in [0.717, 1.165) is 10.2 Å². The molecule has 0 aromatic carbocycles. The van der Waals surface area contributed by atoms with E-state index in [0.29, 0.717) is 5.02 Å². The number of hydrogen-bond donors (Lipinski definition) is 0. The summed E-state index contributed by atoms with van der Waals surface area (Å²) in [6.07, 6.45) is 5.54. The van der Waals surface area contributed by atoms with Gasteiger partial charge in [-0.2, -0.15) is 0 Å². The fourth-order valence-corrected chi connectivity index (χ4v) is 2.81. The molecule has 0 amide bonds. The SMILES string of the molecule is Clc1cncc2sc3cccn3c12. The van der Waals surface area contributed by atoms with Crippen LogP contribution < -0.4 is 0 Å². The summed E-state index contributed by atoms with van der Waals surface area (Å²) in [5, 5.41) is 0.708. The van der Waals surface area contributed by atoms with Crippen LogP contribution in [0.15, 0.2) is 30.7 Å². The van der Waals surface area contributed by atoms with Gasteiger partial charge in [-0.25, -0.2) is 0 Å². The van der Waals surface area contributed by atoms with Gasteiger partial charge in [-0.1, -0.05) is 11.6 Å². The van der Waals surface area contributed by atoms with Crippen molar-refractivity contribution in [3.63, 3.8) is 0 Å². The van der Waals surface area contributed by atoms with Gasteiger partial charge in [-0.15, -0.1) is 11.3 Å². The maximum atomic E-state index is 6.06. The first kappa shape index (κ1) is 7.35. The van der Waals surface area contributed by atoms with Crippen molar-refractivity contribution in [3.8, 4) is 0 Å². The number of halogens is 1. The van der Waals surface area contributed by atoms with Crippen molar-refractivity contribution < 1.29 is 0 Å². The van der Waals surface area contributed by atoms with Crippen molar-refractivity contribution in [2.24, 2.45) is 0 Å². The smallest absolute Gasteiger partial charge is 0.100 e. The zero-order chi connectivity index (χ0) is 8.84. The van der Waals surface area contributed by atoms with Gasteiger partial charge < -0.3 is 4.40 Å². The number of pyridine rings is 1. The van der Waals surface area contributed by atoms with Crippen LogP contribution in [0.4, 0.5) is 0 Å². The second-order valence-corrected chi connectivity index (χ2v) is 4.26. The lowest BCUT2D eigenvalue weighted by Crippen LogP contribution is -1.78. The molecular formula is C9H5ClN2S. The van der Waals surface area contributed by atoms with Crippen LogP contribution in [-0.2, 0) is 0 Å². The highest BCUT2D eigenvalue weighted by atomic mass is 35.5. The molecule has 0 fully saturated rings. The molecule has 3 rings (SSSR count). The maximum Gasteiger partial charge on any atom is 0.100 e. The fraction of sp³-hybridized carbons (Fsp3) is 0. The summed E-state index contributed by atoms with van der Waals surface area (Å²) in [5.74, 6) is 0. The van der Waals surface area contributed by atoms with E-state index in [9.17, 15) is 0 Å². The molecule has 0 radical (unpaired) electrons. The van der Waals surface area contributed by atoms with Gasteiger partial charge in [0.05, 0.1) is 15.2 Å². The Bertz CT molecular complexity index is 581. The molecule has 3 heterocycles. The molecule has 2 nitrogen and oxygen atoms in total. The normalized spacial score (nSPS) is 11.5. The minimum atomic E-state index is 0.708. The number of fused-ring (bicyclic) bond motifs is 3.